The molecule has 5 heteroatoms. The molecule has 2 atom stereocenters. The Hall–Kier alpha value is 0.844. The second kappa shape index (κ2) is 12.5. The Bertz CT molecular complexity index is 683. The van der Waals surface area contributed by atoms with Crippen LogP contribution in [-0.2, 0) is 22.9 Å². The van der Waals surface area contributed by atoms with Crippen LogP contribution >= 0.6 is 0 Å². The minimum Gasteiger partial charge on any atom is -1.00 e. The average molecular weight is 666 g/mol. The molecule has 0 spiro atoms. The number of allylic oxidation sites excluding steroid dienone is 8. The molecule has 2 unspecified atom stereocenters. The molecule has 0 N–H and O–H groups in total. The van der Waals surface area contributed by atoms with E-state index in [2.05, 4.69) is 108 Å². The fourth-order valence-corrected chi connectivity index (χ4v) is 9.67. The summed E-state index contributed by atoms with van der Waals surface area (Å²) in [6, 6.07) is 0. The predicted octanol–water partition coefficient (Wildman–Crippen LogP) is 1.91. The van der Waals surface area contributed by atoms with Crippen molar-refractivity contribution in [1.82, 2.24) is 0 Å². The van der Waals surface area contributed by atoms with Crippen molar-refractivity contribution in [3.8, 4) is 0 Å². The van der Waals surface area contributed by atoms with E-state index >= 15 is 0 Å². The molecule has 0 amide bonds. The Kier molecular flexibility index (Phi) is 13.7. The first-order valence-electron chi connectivity index (χ1n) is 11.5. The quantitative estimate of drug-likeness (QED) is 0.405. The third-order valence-electron chi connectivity index (χ3n) is 6.31. The van der Waals surface area contributed by atoms with Crippen molar-refractivity contribution in [3.63, 3.8) is 0 Å². The number of hydrogen-bond donors (Lipinski definition) is 0. The molecule has 0 aromatic heterocycles. The van der Waals surface area contributed by atoms with Crippen LogP contribution in [0.2, 0.25) is 26.2 Å². The van der Waals surface area contributed by atoms with Crippen molar-refractivity contribution >= 4 is 16.6 Å². The molecular formula is C26H48Cl2HfSi2. The maximum Gasteiger partial charge on any atom is 0.0307 e. The van der Waals surface area contributed by atoms with E-state index in [1.807, 2.05) is 6.66 Å². The maximum atomic E-state index is 2.55. The SMILES string of the molecule is CC1=[C]([Hf+2][C]2=C(C)C(C(C)(C)C)=CC2C)C(C)C=C1C(C)(C)C.C[SiH2][Si](C)(C)C.[Cl-].[Cl-]. The minimum atomic E-state index is -0.948. The molecule has 0 heterocycles. The van der Waals surface area contributed by atoms with Gasteiger partial charge in [-0.15, -0.1) is 0 Å². The van der Waals surface area contributed by atoms with Gasteiger partial charge >= 0.3 is 156 Å². The first kappa shape index (κ1) is 34.0. The van der Waals surface area contributed by atoms with Gasteiger partial charge in [-0.1, -0.05) is 26.2 Å². The van der Waals surface area contributed by atoms with Gasteiger partial charge in [0, 0.05) is 16.6 Å². The molecular weight excluding hydrogens is 618 g/mol. The van der Waals surface area contributed by atoms with Gasteiger partial charge in [0.1, 0.15) is 0 Å². The van der Waals surface area contributed by atoms with Gasteiger partial charge < -0.3 is 24.8 Å². The maximum absolute atomic E-state index is 2.55. The van der Waals surface area contributed by atoms with E-state index in [-0.39, 0.29) is 35.6 Å². The molecule has 0 radical (unpaired) electrons. The molecule has 178 valence electrons. The zero-order valence-corrected chi connectivity index (χ0v) is 30.3. The van der Waals surface area contributed by atoms with Gasteiger partial charge in [-0.2, -0.15) is 0 Å². The van der Waals surface area contributed by atoms with Crippen LogP contribution in [0, 0.1) is 22.7 Å². The van der Waals surface area contributed by atoms with Crippen molar-refractivity contribution < 1.29 is 47.7 Å². The summed E-state index contributed by atoms with van der Waals surface area (Å²) in [6.07, 6.45) is 5.09. The van der Waals surface area contributed by atoms with Crippen molar-refractivity contribution in [3.05, 3.63) is 41.1 Å². The van der Waals surface area contributed by atoms with Crippen LogP contribution in [0.4, 0.5) is 0 Å². The van der Waals surface area contributed by atoms with E-state index < -0.39 is 30.5 Å². The Balaban J connectivity index is 0. The van der Waals surface area contributed by atoms with Gasteiger partial charge in [0.2, 0.25) is 0 Å². The number of rotatable bonds is 3. The largest absolute Gasteiger partial charge is 1.00 e. The molecule has 2 rings (SSSR count). The summed E-state index contributed by atoms with van der Waals surface area (Å²) >= 11 is -0.948. The molecule has 0 aromatic rings. The molecule has 2 aliphatic carbocycles. The van der Waals surface area contributed by atoms with Crippen molar-refractivity contribution in [2.45, 2.75) is 95.4 Å². The molecule has 2 aliphatic rings. The van der Waals surface area contributed by atoms with Gasteiger partial charge in [-0.25, -0.2) is 0 Å². The third-order valence-corrected chi connectivity index (χ3v) is 22.7. The van der Waals surface area contributed by atoms with E-state index in [9.17, 15) is 0 Å². The molecule has 31 heavy (non-hydrogen) atoms. The van der Waals surface area contributed by atoms with Crippen LogP contribution in [0.25, 0.3) is 0 Å². The third kappa shape index (κ3) is 9.55. The van der Waals surface area contributed by atoms with E-state index in [0.717, 1.165) is 0 Å². The van der Waals surface area contributed by atoms with Crippen LogP contribution < -0.4 is 24.8 Å². The van der Waals surface area contributed by atoms with Crippen LogP contribution in [0.5, 0.6) is 0 Å². The van der Waals surface area contributed by atoms with Crippen LogP contribution in [0.3, 0.4) is 0 Å². The Morgan fingerprint density at radius 2 is 1.00 bits per heavy atom. The summed E-state index contributed by atoms with van der Waals surface area (Å²) < 4.78 is 3.67. The number of hydrogen-bond acceptors (Lipinski definition) is 0. The molecule has 0 saturated carbocycles. The zero-order valence-electron chi connectivity index (χ0n) is 22.8. The summed E-state index contributed by atoms with van der Waals surface area (Å²) in [7, 11) is -0.101. The molecule has 0 saturated heterocycles. The molecule has 0 aliphatic heterocycles. The van der Waals surface area contributed by atoms with Gasteiger partial charge in [-0.3, -0.25) is 0 Å². The van der Waals surface area contributed by atoms with Crippen molar-refractivity contribution in [2.75, 3.05) is 0 Å². The zero-order chi connectivity index (χ0) is 22.9. The first-order valence-corrected chi connectivity index (χ1v) is 22.4. The standard InChI is InChI=1S/2C11H17.C4H14Si2.2ClH.Hf/c2*1-8-6-9(2)10(7-8)11(3,4)5;1-5-6(2,3)4;;;/h2*7-8H,1-5H3;5H2,1-4H3;2*1H;/q;;;;;+2/p-2. The molecule has 0 fully saturated rings. The van der Waals surface area contributed by atoms with Crippen LogP contribution in [-0.4, -0.2) is 16.6 Å². The van der Waals surface area contributed by atoms with E-state index in [1.165, 1.54) is 0 Å². The van der Waals surface area contributed by atoms with Crippen molar-refractivity contribution in [1.29, 1.82) is 0 Å². The summed E-state index contributed by atoms with van der Waals surface area (Å²) in [6.45, 7) is 33.5. The predicted molar refractivity (Wildman–Crippen MR) is 137 cm³/mol. The Morgan fingerprint density at radius 3 is 1.16 bits per heavy atom. The molecule has 0 nitrogen and oxygen atoms in total. The van der Waals surface area contributed by atoms with E-state index in [4.69, 9.17) is 0 Å². The Labute approximate surface area is 222 Å². The topological polar surface area (TPSA) is 0 Å². The van der Waals surface area contributed by atoms with E-state index in [1.54, 1.807) is 22.3 Å². The van der Waals surface area contributed by atoms with E-state index in [0.29, 0.717) is 20.9 Å². The second-order valence-electron chi connectivity index (χ2n) is 12.4. The molecule has 0 aromatic carbocycles. The summed E-state index contributed by atoms with van der Waals surface area (Å²) in [5.41, 5.74) is 7.02. The van der Waals surface area contributed by atoms with Crippen LogP contribution in [0.1, 0.15) is 69.2 Å². The molecule has 0 bridgehead atoms. The minimum absolute atomic E-state index is 0. The Morgan fingerprint density at radius 1 is 0.742 bits per heavy atom. The number of halogens is 2. The smallest absolute Gasteiger partial charge is 0.0307 e. The van der Waals surface area contributed by atoms with Gasteiger partial charge in [0.25, 0.3) is 0 Å². The summed E-state index contributed by atoms with van der Waals surface area (Å²) in [5, 5.41) is 0. The fraction of sp³-hybridized carbons (Fsp3) is 0.692. The van der Waals surface area contributed by atoms with Gasteiger partial charge in [0.05, 0.1) is 0 Å². The summed E-state index contributed by atoms with van der Waals surface area (Å²) in [5.74, 6) is 1.33. The second-order valence-corrected chi connectivity index (χ2v) is 31.4. The van der Waals surface area contributed by atoms with Crippen molar-refractivity contribution in [2.24, 2.45) is 22.7 Å². The van der Waals surface area contributed by atoms with Crippen LogP contribution in [0.15, 0.2) is 41.1 Å². The fourth-order valence-electron chi connectivity index (χ4n) is 4.08. The normalized spacial score (nSPS) is 21.9. The average Bonchev–Trinajstić information content (AvgIpc) is 2.98. The summed E-state index contributed by atoms with van der Waals surface area (Å²) in [4.78, 5) is 0. The van der Waals surface area contributed by atoms with Gasteiger partial charge in [-0.05, 0) is 0 Å². The monoisotopic (exact) mass is 666 g/mol. The first-order chi connectivity index (χ1) is 12.9. The van der Waals surface area contributed by atoms with Gasteiger partial charge in [0.15, 0.2) is 0 Å².